The predicted octanol–water partition coefficient (Wildman–Crippen LogP) is 3.50. The monoisotopic (exact) mass is 290 g/mol. The van der Waals surface area contributed by atoms with Gasteiger partial charge in [0.05, 0.1) is 6.10 Å². The fourth-order valence-electron chi connectivity index (χ4n) is 2.91. The van der Waals surface area contributed by atoms with Gasteiger partial charge in [-0.3, -0.25) is 0 Å². The van der Waals surface area contributed by atoms with Gasteiger partial charge >= 0.3 is 0 Å². The Hall–Kier alpha value is -1.06. The number of anilines is 1. The fraction of sp³-hybridized carbons (Fsp3) is 0.667. The van der Waals surface area contributed by atoms with Crippen molar-refractivity contribution in [1.29, 1.82) is 0 Å². The first-order valence-corrected chi connectivity index (χ1v) is 8.29. The lowest BCUT2D eigenvalue weighted by Gasteiger charge is -2.29. The van der Waals surface area contributed by atoms with E-state index in [9.17, 15) is 0 Å². The first kappa shape index (κ1) is 16.3. The molecule has 1 heterocycles. The van der Waals surface area contributed by atoms with Crippen molar-refractivity contribution in [3.8, 4) is 0 Å². The van der Waals surface area contributed by atoms with Crippen LogP contribution in [0.1, 0.15) is 44.7 Å². The van der Waals surface area contributed by atoms with Crippen LogP contribution in [0.5, 0.6) is 0 Å². The second-order valence-corrected chi connectivity index (χ2v) is 6.34. The van der Waals surface area contributed by atoms with Gasteiger partial charge in [0.25, 0.3) is 0 Å². The summed E-state index contributed by atoms with van der Waals surface area (Å²) in [7, 11) is 0. The molecule has 0 bridgehead atoms. The van der Waals surface area contributed by atoms with Gasteiger partial charge in [0.1, 0.15) is 0 Å². The van der Waals surface area contributed by atoms with Gasteiger partial charge in [0.15, 0.2) is 0 Å². The maximum atomic E-state index is 5.81. The average molecular weight is 290 g/mol. The normalized spacial score (nSPS) is 18.4. The van der Waals surface area contributed by atoms with Gasteiger partial charge < -0.3 is 15.0 Å². The van der Waals surface area contributed by atoms with E-state index in [2.05, 4.69) is 56.1 Å². The van der Waals surface area contributed by atoms with Crippen molar-refractivity contribution in [2.24, 2.45) is 0 Å². The molecule has 0 spiro atoms. The van der Waals surface area contributed by atoms with Gasteiger partial charge in [0, 0.05) is 38.0 Å². The summed E-state index contributed by atoms with van der Waals surface area (Å²) in [6.07, 6.45) is 2.80. The van der Waals surface area contributed by atoms with Crippen LogP contribution in [-0.4, -0.2) is 31.8 Å². The molecule has 0 radical (unpaired) electrons. The van der Waals surface area contributed by atoms with Gasteiger partial charge in [-0.05, 0) is 38.3 Å². The lowest BCUT2D eigenvalue weighted by Crippen LogP contribution is -2.33. The molecule has 3 heteroatoms. The van der Waals surface area contributed by atoms with Crippen molar-refractivity contribution < 1.29 is 4.74 Å². The average Bonchev–Trinajstić information content (AvgIpc) is 2.96. The molecule has 0 saturated carbocycles. The van der Waals surface area contributed by atoms with E-state index in [-0.39, 0.29) is 0 Å². The first-order chi connectivity index (χ1) is 10.1. The number of benzene rings is 1. The number of rotatable bonds is 7. The molecule has 1 saturated heterocycles. The Bertz CT molecular complexity index is 439. The molecule has 0 aromatic heterocycles. The summed E-state index contributed by atoms with van der Waals surface area (Å²) in [6, 6.07) is 7.30. The number of aryl methyl sites for hydroxylation is 1. The van der Waals surface area contributed by atoms with E-state index in [0.29, 0.717) is 12.1 Å². The number of nitrogens with zero attached hydrogens (tertiary/aromatic N) is 1. The number of ether oxygens (including phenoxy) is 1. The highest BCUT2D eigenvalue weighted by atomic mass is 16.5. The summed E-state index contributed by atoms with van der Waals surface area (Å²) in [4.78, 5) is 2.47. The van der Waals surface area contributed by atoms with E-state index >= 15 is 0 Å². The maximum Gasteiger partial charge on any atom is 0.0750 e. The molecular weight excluding hydrogens is 260 g/mol. The summed E-state index contributed by atoms with van der Waals surface area (Å²) in [6.45, 7) is 12.7. The van der Waals surface area contributed by atoms with Crippen molar-refractivity contribution in [3.63, 3.8) is 0 Å². The zero-order valence-electron chi connectivity index (χ0n) is 14.0. The number of hydrogen-bond acceptors (Lipinski definition) is 3. The van der Waals surface area contributed by atoms with Crippen LogP contribution < -0.4 is 10.2 Å². The summed E-state index contributed by atoms with van der Waals surface area (Å²) in [5, 5.41) is 3.54. The van der Waals surface area contributed by atoms with Crippen molar-refractivity contribution in [2.75, 3.05) is 24.6 Å². The molecular formula is C18H30N2O. The molecule has 0 aliphatic carbocycles. The highest BCUT2D eigenvalue weighted by molar-refractivity contribution is 5.55. The van der Waals surface area contributed by atoms with Gasteiger partial charge in [-0.25, -0.2) is 0 Å². The predicted molar refractivity (Wildman–Crippen MR) is 90.0 cm³/mol. The highest BCUT2D eigenvalue weighted by Gasteiger charge is 2.20. The molecule has 1 aliphatic rings. The van der Waals surface area contributed by atoms with Gasteiger partial charge in [-0.1, -0.05) is 31.5 Å². The Morgan fingerprint density at radius 1 is 1.38 bits per heavy atom. The third-order valence-electron chi connectivity index (χ3n) is 4.11. The summed E-state index contributed by atoms with van der Waals surface area (Å²) >= 11 is 0. The Morgan fingerprint density at radius 2 is 2.19 bits per heavy atom. The third kappa shape index (κ3) is 4.72. The van der Waals surface area contributed by atoms with Crippen LogP contribution in [0.15, 0.2) is 18.2 Å². The highest BCUT2D eigenvalue weighted by Crippen LogP contribution is 2.24. The van der Waals surface area contributed by atoms with E-state index in [1.165, 1.54) is 29.7 Å². The quantitative estimate of drug-likeness (QED) is 0.832. The van der Waals surface area contributed by atoms with Gasteiger partial charge in [-0.15, -0.1) is 0 Å². The molecule has 3 nitrogen and oxygen atoms in total. The standard InChI is InChI=1S/C18H30N2O/c1-5-20(13-17-7-6-10-21-17)18-9-8-15(4)11-16(18)12-19-14(2)3/h8-9,11,14,17,19H,5-7,10,12-13H2,1-4H3. The second kappa shape index (κ2) is 7.81. The van der Waals surface area contributed by atoms with Crippen LogP contribution in [0.2, 0.25) is 0 Å². The summed E-state index contributed by atoms with van der Waals surface area (Å²) in [5.41, 5.74) is 4.07. The molecule has 1 atom stereocenters. The van der Waals surface area contributed by atoms with E-state index < -0.39 is 0 Å². The van der Waals surface area contributed by atoms with Crippen LogP contribution in [0.4, 0.5) is 5.69 Å². The van der Waals surface area contributed by atoms with E-state index in [4.69, 9.17) is 4.74 Å². The second-order valence-electron chi connectivity index (χ2n) is 6.34. The van der Waals surface area contributed by atoms with E-state index in [0.717, 1.165) is 26.2 Å². The molecule has 1 aliphatic heterocycles. The van der Waals surface area contributed by atoms with Crippen LogP contribution >= 0.6 is 0 Å². The minimum absolute atomic E-state index is 0.400. The lowest BCUT2D eigenvalue weighted by molar-refractivity contribution is 0.115. The molecule has 1 N–H and O–H groups in total. The molecule has 1 unspecified atom stereocenters. The van der Waals surface area contributed by atoms with Crippen molar-refractivity contribution in [2.45, 2.75) is 59.2 Å². The number of likely N-dealkylation sites (N-methyl/N-ethyl adjacent to an activating group) is 1. The van der Waals surface area contributed by atoms with Crippen molar-refractivity contribution in [1.82, 2.24) is 5.32 Å². The van der Waals surface area contributed by atoms with Crippen LogP contribution in [-0.2, 0) is 11.3 Å². The molecule has 1 fully saturated rings. The topological polar surface area (TPSA) is 24.5 Å². The minimum Gasteiger partial charge on any atom is -0.376 e. The lowest BCUT2D eigenvalue weighted by atomic mass is 10.1. The first-order valence-electron chi connectivity index (χ1n) is 8.29. The van der Waals surface area contributed by atoms with Crippen LogP contribution in [0.3, 0.4) is 0 Å². The molecule has 0 amide bonds. The van der Waals surface area contributed by atoms with Gasteiger partial charge in [-0.2, -0.15) is 0 Å². The maximum absolute atomic E-state index is 5.81. The van der Waals surface area contributed by atoms with E-state index in [1.54, 1.807) is 0 Å². The molecule has 21 heavy (non-hydrogen) atoms. The molecule has 118 valence electrons. The molecule has 2 rings (SSSR count). The van der Waals surface area contributed by atoms with Gasteiger partial charge in [0.2, 0.25) is 0 Å². The SMILES string of the molecule is CCN(CC1CCCO1)c1ccc(C)cc1CNC(C)C. The van der Waals surface area contributed by atoms with Crippen molar-refractivity contribution in [3.05, 3.63) is 29.3 Å². The van der Waals surface area contributed by atoms with Crippen molar-refractivity contribution >= 4 is 5.69 Å². The fourth-order valence-corrected chi connectivity index (χ4v) is 2.91. The largest absolute Gasteiger partial charge is 0.376 e. The van der Waals surface area contributed by atoms with E-state index in [1.807, 2.05) is 0 Å². The molecule has 1 aromatic carbocycles. The Kier molecular flexibility index (Phi) is 6.07. The Balaban J connectivity index is 2.13. The minimum atomic E-state index is 0.400. The number of nitrogens with one attached hydrogen (secondary N) is 1. The summed E-state index contributed by atoms with van der Waals surface area (Å²) < 4.78 is 5.81. The number of hydrogen-bond donors (Lipinski definition) is 1. The summed E-state index contributed by atoms with van der Waals surface area (Å²) in [5.74, 6) is 0. The molecule has 1 aromatic rings. The smallest absolute Gasteiger partial charge is 0.0750 e. The zero-order valence-corrected chi connectivity index (χ0v) is 14.0. The van der Waals surface area contributed by atoms with Crippen LogP contribution in [0.25, 0.3) is 0 Å². The Morgan fingerprint density at radius 3 is 2.81 bits per heavy atom. The Labute approximate surface area is 129 Å². The third-order valence-corrected chi connectivity index (χ3v) is 4.11. The zero-order chi connectivity index (χ0) is 15.2. The van der Waals surface area contributed by atoms with Crippen LogP contribution in [0, 0.1) is 6.92 Å².